The summed E-state index contributed by atoms with van der Waals surface area (Å²) in [7, 11) is 0. The summed E-state index contributed by atoms with van der Waals surface area (Å²) >= 11 is 0. The number of piperazine rings is 1. The summed E-state index contributed by atoms with van der Waals surface area (Å²) in [5.74, 6) is 0. The molecular weight excluding hydrogens is 306 g/mol. The van der Waals surface area contributed by atoms with Crippen LogP contribution in [-0.2, 0) is 13.0 Å². The van der Waals surface area contributed by atoms with Gasteiger partial charge in [0.25, 0.3) is 0 Å². The molecule has 1 heterocycles. The minimum Gasteiger partial charge on any atom is -0.398 e. The van der Waals surface area contributed by atoms with Gasteiger partial charge in [-0.25, -0.2) is 0 Å². The average molecular weight is 335 g/mol. The molecule has 3 nitrogen and oxygen atoms in total. The van der Waals surface area contributed by atoms with Gasteiger partial charge < -0.3 is 5.73 Å². The van der Waals surface area contributed by atoms with E-state index in [-0.39, 0.29) is 0 Å². The molecule has 2 aliphatic rings. The zero-order valence-corrected chi connectivity index (χ0v) is 15.0. The van der Waals surface area contributed by atoms with Crippen molar-refractivity contribution >= 4 is 5.69 Å². The molecule has 0 bridgehead atoms. The van der Waals surface area contributed by atoms with Crippen LogP contribution in [0.15, 0.2) is 48.5 Å². The minimum absolute atomic E-state index is 0.555. The van der Waals surface area contributed by atoms with E-state index in [4.69, 9.17) is 5.73 Å². The standard InChI is InChI=1S/C22H29N3/c23-21-11-6-10-20-19(21)9-4-5-12-22(20)25-15-13-24(14-16-25)17-18-7-2-1-3-8-18/h1-3,6-8,10-11,22H,4-5,9,12-17,23H2/t22-/m1/s1. The van der Waals surface area contributed by atoms with Crippen LogP contribution in [0.5, 0.6) is 0 Å². The number of nitrogens with two attached hydrogens (primary N) is 1. The Morgan fingerprint density at radius 3 is 2.48 bits per heavy atom. The molecule has 4 rings (SSSR count). The van der Waals surface area contributed by atoms with Gasteiger partial charge in [-0.15, -0.1) is 0 Å². The van der Waals surface area contributed by atoms with Crippen LogP contribution in [0.25, 0.3) is 0 Å². The Morgan fingerprint density at radius 2 is 1.68 bits per heavy atom. The summed E-state index contributed by atoms with van der Waals surface area (Å²) in [4.78, 5) is 5.29. The summed E-state index contributed by atoms with van der Waals surface area (Å²) in [5, 5.41) is 0. The summed E-state index contributed by atoms with van der Waals surface area (Å²) in [6, 6.07) is 17.9. The second kappa shape index (κ2) is 7.59. The van der Waals surface area contributed by atoms with Crippen LogP contribution in [0.4, 0.5) is 5.69 Å². The topological polar surface area (TPSA) is 32.5 Å². The molecule has 1 saturated heterocycles. The van der Waals surface area contributed by atoms with E-state index in [1.54, 1.807) is 0 Å². The van der Waals surface area contributed by atoms with Crippen LogP contribution in [0.3, 0.4) is 0 Å². The van der Waals surface area contributed by atoms with Gasteiger partial charge in [-0.1, -0.05) is 48.9 Å². The van der Waals surface area contributed by atoms with E-state index in [0.717, 1.165) is 44.8 Å². The van der Waals surface area contributed by atoms with Crippen molar-refractivity contribution < 1.29 is 0 Å². The quantitative estimate of drug-likeness (QED) is 0.683. The first-order chi connectivity index (χ1) is 12.3. The van der Waals surface area contributed by atoms with Crippen molar-refractivity contribution in [2.45, 2.75) is 38.3 Å². The van der Waals surface area contributed by atoms with E-state index in [9.17, 15) is 0 Å². The van der Waals surface area contributed by atoms with E-state index in [2.05, 4.69) is 58.3 Å². The van der Waals surface area contributed by atoms with Gasteiger partial charge in [-0.05, 0) is 42.0 Å². The molecule has 3 heteroatoms. The van der Waals surface area contributed by atoms with Crippen molar-refractivity contribution in [3.8, 4) is 0 Å². The lowest BCUT2D eigenvalue weighted by atomic mass is 9.96. The zero-order chi connectivity index (χ0) is 17.1. The summed E-state index contributed by atoms with van der Waals surface area (Å²) in [6.45, 7) is 5.70. The van der Waals surface area contributed by atoms with Gasteiger partial charge in [0.05, 0.1) is 0 Å². The molecule has 2 aromatic carbocycles. The maximum atomic E-state index is 6.28. The number of hydrogen-bond donors (Lipinski definition) is 1. The molecule has 1 aliphatic heterocycles. The molecule has 0 radical (unpaired) electrons. The van der Waals surface area contributed by atoms with Gasteiger partial charge >= 0.3 is 0 Å². The van der Waals surface area contributed by atoms with Crippen molar-refractivity contribution in [3.05, 3.63) is 65.2 Å². The molecule has 132 valence electrons. The van der Waals surface area contributed by atoms with Gasteiger partial charge in [0, 0.05) is 44.5 Å². The molecule has 2 N–H and O–H groups in total. The molecule has 0 unspecified atom stereocenters. The summed E-state index contributed by atoms with van der Waals surface area (Å²) < 4.78 is 0. The first-order valence-corrected chi connectivity index (χ1v) is 9.69. The van der Waals surface area contributed by atoms with Crippen molar-refractivity contribution in [1.29, 1.82) is 0 Å². The Bertz CT molecular complexity index is 690. The highest BCUT2D eigenvalue weighted by molar-refractivity contribution is 5.52. The van der Waals surface area contributed by atoms with Crippen molar-refractivity contribution in [2.75, 3.05) is 31.9 Å². The number of nitrogen functional groups attached to an aromatic ring is 1. The molecule has 1 aliphatic carbocycles. The van der Waals surface area contributed by atoms with E-state index in [1.807, 2.05) is 0 Å². The fourth-order valence-corrected chi connectivity index (χ4v) is 4.47. The van der Waals surface area contributed by atoms with Crippen LogP contribution < -0.4 is 5.73 Å². The van der Waals surface area contributed by atoms with E-state index in [0.29, 0.717) is 6.04 Å². The van der Waals surface area contributed by atoms with Crippen LogP contribution in [0.2, 0.25) is 0 Å². The highest BCUT2D eigenvalue weighted by Crippen LogP contribution is 2.36. The lowest BCUT2D eigenvalue weighted by Gasteiger charge is -2.40. The second-order valence-corrected chi connectivity index (χ2v) is 7.47. The number of anilines is 1. The minimum atomic E-state index is 0.555. The zero-order valence-electron chi connectivity index (χ0n) is 15.0. The van der Waals surface area contributed by atoms with Crippen LogP contribution in [0.1, 0.15) is 42.0 Å². The van der Waals surface area contributed by atoms with Crippen molar-refractivity contribution in [3.63, 3.8) is 0 Å². The number of nitrogens with zero attached hydrogens (tertiary/aromatic N) is 2. The average Bonchev–Trinajstić information content (AvgIpc) is 2.87. The molecule has 0 saturated carbocycles. The Hall–Kier alpha value is -1.84. The Morgan fingerprint density at radius 1 is 0.880 bits per heavy atom. The number of hydrogen-bond acceptors (Lipinski definition) is 3. The molecule has 0 spiro atoms. The Labute approximate surface area is 151 Å². The third kappa shape index (κ3) is 3.73. The SMILES string of the molecule is Nc1cccc2c1CCCC[C@H]2N1CCN(Cc2ccccc2)CC1. The monoisotopic (exact) mass is 335 g/mol. The van der Waals surface area contributed by atoms with Crippen LogP contribution in [0, 0.1) is 0 Å². The Balaban J connectivity index is 1.43. The largest absolute Gasteiger partial charge is 0.398 e. The van der Waals surface area contributed by atoms with Gasteiger partial charge in [0.15, 0.2) is 0 Å². The van der Waals surface area contributed by atoms with E-state index >= 15 is 0 Å². The first-order valence-electron chi connectivity index (χ1n) is 9.69. The van der Waals surface area contributed by atoms with Gasteiger partial charge in [0.2, 0.25) is 0 Å². The third-order valence-electron chi connectivity index (χ3n) is 5.86. The fraction of sp³-hybridized carbons (Fsp3) is 0.455. The second-order valence-electron chi connectivity index (χ2n) is 7.47. The van der Waals surface area contributed by atoms with Crippen molar-refractivity contribution in [2.24, 2.45) is 0 Å². The molecule has 0 amide bonds. The summed E-state index contributed by atoms with van der Waals surface area (Å²) in [6.07, 6.45) is 5.00. The number of benzene rings is 2. The maximum Gasteiger partial charge on any atom is 0.0352 e. The maximum absolute atomic E-state index is 6.28. The molecule has 0 aromatic heterocycles. The number of fused-ring (bicyclic) bond motifs is 1. The Kier molecular flexibility index (Phi) is 5.04. The molecule has 1 fully saturated rings. The predicted octanol–water partition coefficient (Wildman–Crippen LogP) is 3.85. The van der Waals surface area contributed by atoms with Gasteiger partial charge in [0.1, 0.15) is 0 Å². The molecule has 25 heavy (non-hydrogen) atoms. The van der Waals surface area contributed by atoms with Crippen LogP contribution in [-0.4, -0.2) is 36.0 Å². The summed E-state index contributed by atoms with van der Waals surface area (Å²) in [5.41, 5.74) is 11.6. The van der Waals surface area contributed by atoms with Gasteiger partial charge in [-0.3, -0.25) is 9.80 Å². The highest BCUT2D eigenvalue weighted by Gasteiger charge is 2.28. The number of rotatable bonds is 3. The fourth-order valence-electron chi connectivity index (χ4n) is 4.47. The van der Waals surface area contributed by atoms with Gasteiger partial charge in [-0.2, -0.15) is 0 Å². The lowest BCUT2D eigenvalue weighted by Crippen LogP contribution is -2.47. The predicted molar refractivity (Wildman–Crippen MR) is 104 cm³/mol. The molecule has 1 atom stereocenters. The third-order valence-corrected chi connectivity index (χ3v) is 5.86. The van der Waals surface area contributed by atoms with Crippen LogP contribution >= 0.6 is 0 Å². The molecular formula is C22H29N3. The smallest absolute Gasteiger partial charge is 0.0352 e. The lowest BCUT2D eigenvalue weighted by molar-refractivity contribution is 0.0875. The first kappa shape index (κ1) is 16.6. The molecule has 2 aromatic rings. The normalized spacial score (nSPS) is 22.3. The van der Waals surface area contributed by atoms with Crippen molar-refractivity contribution in [1.82, 2.24) is 9.80 Å². The highest BCUT2D eigenvalue weighted by atomic mass is 15.3. The van der Waals surface area contributed by atoms with E-state index < -0.39 is 0 Å². The van der Waals surface area contributed by atoms with E-state index in [1.165, 1.54) is 36.0 Å².